The smallest absolute Gasteiger partial charge is 0.182 e. The third kappa shape index (κ3) is 4.56. The molecule has 0 saturated heterocycles. The van der Waals surface area contributed by atoms with Crippen molar-refractivity contribution in [1.29, 1.82) is 0 Å². The molecule has 0 spiro atoms. The summed E-state index contributed by atoms with van der Waals surface area (Å²) in [5.41, 5.74) is 1.77. The SMILES string of the molecule is CC.CCC(=O)c1ccn(Sc2ccc(C)cc2)n1. The minimum atomic E-state index is 0.0771. The van der Waals surface area contributed by atoms with Crippen LogP contribution >= 0.6 is 11.9 Å². The molecule has 0 N–H and O–H groups in total. The Balaban J connectivity index is 0.000000861. The number of hydrogen-bond acceptors (Lipinski definition) is 3. The second-order valence-electron chi connectivity index (χ2n) is 3.78. The van der Waals surface area contributed by atoms with Crippen molar-refractivity contribution in [3.63, 3.8) is 0 Å². The van der Waals surface area contributed by atoms with Gasteiger partial charge in [-0.05, 0) is 25.1 Å². The molecule has 1 heterocycles. The molecule has 0 unspecified atom stereocenters. The van der Waals surface area contributed by atoms with E-state index in [0.29, 0.717) is 12.1 Å². The van der Waals surface area contributed by atoms with Gasteiger partial charge in [-0.1, -0.05) is 38.5 Å². The molecule has 1 aromatic heterocycles. The van der Waals surface area contributed by atoms with Crippen LogP contribution in [0.3, 0.4) is 0 Å². The molecular formula is C15H20N2OS. The molecule has 0 aliphatic rings. The molecule has 3 nitrogen and oxygen atoms in total. The summed E-state index contributed by atoms with van der Waals surface area (Å²) in [6.07, 6.45) is 2.31. The van der Waals surface area contributed by atoms with Crippen molar-refractivity contribution in [2.75, 3.05) is 0 Å². The van der Waals surface area contributed by atoms with E-state index in [4.69, 9.17) is 0 Å². The number of benzene rings is 1. The van der Waals surface area contributed by atoms with Gasteiger partial charge in [-0.25, -0.2) is 4.09 Å². The first-order chi connectivity index (χ1) is 9.19. The first-order valence-electron chi connectivity index (χ1n) is 6.53. The van der Waals surface area contributed by atoms with Gasteiger partial charge in [-0.2, -0.15) is 5.10 Å². The molecule has 0 atom stereocenters. The van der Waals surface area contributed by atoms with E-state index in [-0.39, 0.29) is 5.78 Å². The van der Waals surface area contributed by atoms with Gasteiger partial charge >= 0.3 is 0 Å². The Bertz CT molecular complexity index is 517. The normalized spacial score (nSPS) is 9.68. The van der Waals surface area contributed by atoms with Crippen LogP contribution in [-0.2, 0) is 0 Å². The molecule has 0 radical (unpaired) electrons. The molecule has 0 amide bonds. The van der Waals surface area contributed by atoms with E-state index in [2.05, 4.69) is 24.2 Å². The summed E-state index contributed by atoms with van der Waals surface area (Å²) in [5, 5.41) is 4.23. The fourth-order valence-electron chi connectivity index (χ4n) is 1.40. The third-order valence-electron chi connectivity index (χ3n) is 2.39. The summed E-state index contributed by atoms with van der Waals surface area (Å²) in [6.45, 7) is 7.90. The number of ketones is 1. The van der Waals surface area contributed by atoms with E-state index >= 15 is 0 Å². The van der Waals surface area contributed by atoms with Gasteiger partial charge in [0.05, 0.1) is 0 Å². The third-order valence-corrected chi connectivity index (χ3v) is 3.27. The van der Waals surface area contributed by atoms with Crippen LogP contribution in [0.5, 0.6) is 0 Å². The number of aryl methyl sites for hydroxylation is 1. The van der Waals surface area contributed by atoms with Crippen LogP contribution in [0.25, 0.3) is 0 Å². The zero-order valence-corrected chi connectivity index (χ0v) is 12.7. The van der Waals surface area contributed by atoms with Crippen molar-refractivity contribution in [3.8, 4) is 0 Å². The highest BCUT2D eigenvalue weighted by Gasteiger charge is 2.07. The predicted molar refractivity (Wildman–Crippen MR) is 80.6 cm³/mol. The van der Waals surface area contributed by atoms with E-state index in [0.717, 1.165) is 4.90 Å². The Morgan fingerprint density at radius 3 is 2.42 bits per heavy atom. The highest BCUT2D eigenvalue weighted by molar-refractivity contribution is 7.97. The van der Waals surface area contributed by atoms with Gasteiger partial charge < -0.3 is 0 Å². The first kappa shape index (κ1) is 15.5. The quantitative estimate of drug-likeness (QED) is 0.778. The first-order valence-corrected chi connectivity index (χ1v) is 7.30. The summed E-state index contributed by atoms with van der Waals surface area (Å²) < 4.78 is 1.72. The molecule has 2 rings (SSSR count). The summed E-state index contributed by atoms with van der Waals surface area (Å²) in [5.74, 6) is 0.0771. The number of hydrogen-bond donors (Lipinski definition) is 0. The fraction of sp³-hybridized carbons (Fsp3) is 0.333. The molecule has 0 bridgehead atoms. The second kappa shape index (κ2) is 7.79. The lowest BCUT2D eigenvalue weighted by Gasteiger charge is -2.00. The zero-order valence-electron chi connectivity index (χ0n) is 11.9. The van der Waals surface area contributed by atoms with Crippen LogP contribution in [0.1, 0.15) is 43.2 Å². The van der Waals surface area contributed by atoms with E-state index < -0.39 is 0 Å². The van der Waals surface area contributed by atoms with Gasteiger partial charge in [0.15, 0.2) is 5.78 Å². The Kier molecular flexibility index (Phi) is 6.36. The van der Waals surface area contributed by atoms with Gasteiger partial charge in [0.2, 0.25) is 0 Å². The van der Waals surface area contributed by atoms with Crippen molar-refractivity contribution in [2.24, 2.45) is 0 Å². The van der Waals surface area contributed by atoms with Crippen LogP contribution in [0.4, 0.5) is 0 Å². The average Bonchev–Trinajstić information content (AvgIpc) is 2.91. The Morgan fingerprint density at radius 1 is 1.21 bits per heavy atom. The molecule has 102 valence electrons. The fourth-order valence-corrected chi connectivity index (χ4v) is 2.12. The second-order valence-corrected chi connectivity index (χ2v) is 4.81. The predicted octanol–water partition coefficient (Wildman–Crippen LogP) is 4.37. The number of nitrogens with zero attached hydrogens (tertiary/aromatic N) is 2. The number of aromatic nitrogens is 2. The Morgan fingerprint density at radius 2 is 1.84 bits per heavy atom. The molecule has 0 saturated carbocycles. The van der Waals surface area contributed by atoms with Crippen molar-refractivity contribution in [3.05, 3.63) is 47.8 Å². The lowest BCUT2D eigenvalue weighted by molar-refractivity contribution is 0.0983. The molecule has 0 aliphatic heterocycles. The van der Waals surface area contributed by atoms with E-state index in [9.17, 15) is 4.79 Å². The van der Waals surface area contributed by atoms with Gasteiger partial charge in [0, 0.05) is 29.5 Å². The van der Waals surface area contributed by atoms with Gasteiger partial charge in [0.1, 0.15) is 5.69 Å². The highest BCUT2D eigenvalue weighted by atomic mass is 32.2. The molecule has 0 aliphatic carbocycles. The minimum Gasteiger partial charge on any atom is -0.292 e. The van der Waals surface area contributed by atoms with Gasteiger partial charge in [0.25, 0.3) is 0 Å². The summed E-state index contributed by atoms with van der Waals surface area (Å²) in [6, 6.07) is 9.97. The lowest BCUT2D eigenvalue weighted by Crippen LogP contribution is -1.98. The van der Waals surface area contributed by atoms with Crippen LogP contribution in [0.2, 0.25) is 0 Å². The Labute approximate surface area is 119 Å². The summed E-state index contributed by atoms with van der Waals surface area (Å²) >= 11 is 1.50. The topological polar surface area (TPSA) is 34.9 Å². The van der Waals surface area contributed by atoms with E-state index in [1.807, 2.05) is 39.1 Å². The van der Waals surface area contributed by atoms with Crippen molar-refractivity contribution in [2.45, 2.75) is 39.0 Å². The average molecular weight is 276 g/mol. The highest BCUT2D eigenvalue weighted by Crippen LogP contribution is 2.20. The van der Waals surface area contributed by atoms with Gasteiger partial charge in [-0.15, -0.1) is 0 Å². The lowest BCUT2D eigenvalue weighted by atomic mass is 10.2. The minimum absolute atomic E-state index is 0.0771. The molecular weight excluding hydrogens is 256 g/mol. The zero-order chi connectivity index (χ0) is 14.3. The van der Waals surface area contributed by atoms with E-state index in [1.165, 1.54) is 17.5 Å². The number of rotatable bonds is 4. The van der Waals surface area contributed by atoms with Gasteiger partial charge in [-0.3, -0.25) is 4.79 Å². The van der Waals surface area contributed by atoms with Crippen molar-refractivity contribution in [1.82, 2.24) is 9.19 Å². The molecule has 1 aromatic carbocycles. The van der Waals surface area contributed by atoms with Crippen LogP contribution in [0.15, 0.2) is 41.4 Å². The maximum atomic E-state index is 11.4. The molecule has 19 heavy (non-hydrogen) atoms. The largest absolute Gasteiger partial charge is 0.292 e. The van der Waals surface area contributed by atoms with Crippen molar-refractivity contribution < 1.29 is 4.79 Å². The molecule has 0 fully saturated rings. The van der Waals surface area contributed by atoms with E-state index in [1.54, 1.807) is 10.2 Å². The maximum absolute atomic E-state index is 11.4. The molecule has 2 aromatic rings. The van der Waals surface area contributed by atoms with Crippen molar-refractivity contribution >= 4 is 17.7 Å². The monoisotopic (exact) mass is 276 g/mol. The maximum Gasteiger partial charge on any atom is 0.182 e. The standard InChI is InChI=1S/C13H14N2OS.C2H6/c1-3-13(16)12-8-9-15(14-12)17-11-6-4-10(2)5-7-11;1-2/h4-9H,3H2,1-2H3;1-2H3. The molecule has 4 heteroatoms. The Hall–Kier alpha value is -1.55. The number of Topliss-reactive ketones (excluding diaryl/α,β-unsaturated/α-hetero) is 1. The number of carbonyl (C=O) groups excluding carboxylic acids is 1. The van der Waals surface area contributed by atoms with Crippen LogP contribution in [-0.4, -0.2) is 15.0 Å². The van der Waals surface area contributed by atoms with Crippen LogP contribution in [0, 0.1) is 6.92 Å². The number of carbonyl (C=O) groups is 1. The van der Waals surface area contributed by atoms with Crippen LogP contribution < -0.4 is 0 Å². The summed E-state index contributed by atoms with van der Waals surface area (Å²) in [7, 11) is 0. The summed E-state index contributed by atoms with van der Waals surface area (Å²) in [4.78, 5) is 12.5.